The molecule has 4 heterocycles. The molecule has 0 saturated carbocycles. The highest BCUT2D eigenvalue weighted by atomic mass is 15.0. The van der Waals surface area contributed by atoms with Crippen LogP contribution in [0.2, 0.25) is 0 Å². The van der Waals surface area contributed by atoms with Crippen LogP contribution in [-0.2, 0) is 0 Å². The van der Waals surface area contributed by atoms with Gasteiger partial charge in [0.1, 0.15) is 11.3 Å². The van der Waals surface area contributed by atoms with Crippen molar-refractivity contribution in [1.29, 1.82) is 0 Å². The van der Waals surface area contributed by atoms with Crippen molar-refractivity contribution in [3.05, 3.63) is 176 Å². The Bertz CT molecular complexity index is 2520. The number of rotatable bonds is 6. The molecule has 0 amide bonds. The summed E-state index contributed by atoms with van der Waals surface area (Å²) in [6.45, 7) is 0. The molecule has 0 radical (unpaired) electrons. The summed E-state index contributed by atoms with van der Waals surface area (Å²) in [6.07, 6.45) is 3.89. The van der Waals surface area contributed by atoms with E-state index >= 15 is 0 Å². The quantitative estimate of drug-likeness (QED) is 0.184. The molecule has 5 nitrogen and oxygen atoms in total. The highest BCUT2D eigenvalue weighted by Gasteiger charge is 2.20. The third kappa shape index (κ3) is 5.24. The number of pyridine rings is 2. The monoisotopic (exact) mass is 627 g/mol. The van der Waals surface area contributed by atoms with Gasteiger partial charge >= 0.3 is 0 Å². The van der Waals surface area contributed by atoms with Crippen LogP contribution in [0.15, 0.2) is 176 Å². The van der Waals surface area contributed by atoms with E-state index in [1.807, 2.05) is 79.0 Å². The Hall–Kier alpha value is -6.72. The fraction of sp³-hybridized carbons (Fsp3) is 0. The van der Waals surface area contributed by atoms with Crippen molar-refractivity contribution < 1.29 is 0 Å². The molecule has 0 N–H and O–H groups in total. The van der Waals surface area contributed by atoms with Crippen molar-refractivity contribution >= 4 is 16.4 Å². The summed E-state index contributed by atoms with van der Waals surface area (Å²) in [5, 5.41) is 2.33. The molecular weight excluding hydrogens is 599 g/mol. The number of fused-ring (bicyclic) bond motifs is 2. The smallest absolute Gasteiger partial charge is 0.160 e. The van der Waals surface area contributed by atoms with Crippen molar-refractivity contribution in [1.82, 2.24) is 24.3 Å². The van der Waals surface area contributed by atoms with Gasteiger partial charge in [-0.3, -0.25) is 9.38 Å². The molecule has 0 unspecified atom stereocenters. The molecule has 0 atom stereocenters. The molecule has 4 aromatic heterocycles. The van der Waals surface area contributed by atoms with E-state index in [4.69, 9.17) is 15.0 Å². The number of benzene rings is 5. The summed E-state index contributed by atoms with van der Waals surface area (Å²) in [7, 11) is 0. The lowest BCUT2D eigenvalue weighted by molar-refractivity contribution is 1.18. The van der Waals surface area contributed by atoms with Crippen LogP contribution in [-0.4, -0.2) is 24.3 Å². The Morgan fingerprint density at radius 2 is 1.00 bits per heavy atom. The van der Waals surface area contributed by atoms with Gasteiger partial charge in [0.25, 0.3) is 0 Å². The lowest BCUT2D eigenvalue weighted by Crippen LogP contribution is -1.96. The van der Waals surface area contributed by atoms with Crippen LogP contribution in [0, 0.1) is 0 Å². The Labute approximate surface area is 283 Å². The summed E-state index contributed by atoms with van der Waals surface area (Å²) in [5.74, 6) is 0.708. The van der Waals surface area contributed by atoms with E-state index in [-0.39, 0.29) is 0 Å². The summed E-state index contributed by atoms with van der Waals surface area (Å²) >= 11 is 0. The zero-order chi connectivity index (χ0) is 32.6. The topological polar surface area (TPSA) is 56.0 Å². The summed E-state index contributed by atoms with van der Waals surface area (Å²) in [6, 6.07) is 56.3. The van der Waals surface area contributed by atoms with Crippen LogP contribution >= 0.6 is 0 Å². The third-order valence-corrected chi connectivity index (χ3v) is 8.94. The fourth-order valence-electron chi connectivity index (χ4n) is 6.58. The second-order valence-corrected chi connectivity index (χ2v) is 11.9. The second kappa shape index (κ2) is 12.1. The number of hydrogen-bond donors (Lipinski definition) is 0. The van der Waals surface area contributed by atoms with Crippen molar-refractivity contribution in [2.45, 2.75) is 0 Å². The predicted octanol–water partition coefficient (Wildman–Crippen LogP) is 10.7. The van der Waals surface area contributed by atoms with Crippen molar-refractivity contribution in [2.75, 3.05) is 0 Å². The SMILES string of the molecule is c1ccc(-c2cc(-c3ccc(-c4ccc(-c5c(-c6ccccn6)nc6ccccn56)c5ccccc45)cc3)nc(-c3ccccc3)n2)cc1. The average molecular weight is 628 g/mol. The molecular formula is C44H29N5. The van der Waals surface area contributed by atoms with Gasteiger partial charge in [0.05, 0.1) is 22.8 Å². The van der Waals surface area contributed by atoms with Crippen LogP contribution < -0.4 is 0 Å². The van der Waals surface area contributed by atoms with Gasteiger partial charge < -0.3 is 0 Å². The van der Waals surface area contributed by atoms with E-state index in [1.54, 1.807) is 0 Å². The van der Waals surface area contributed by atoms with Crippen LogP contribution in [0.25, 0.3) is 84.1 Å². The maximum absolute atomic E-state index is 5.03. The first-order valence-electron chi connectivity index (χ1n) is 16.3. The molecule has 49 heavy (non-hydrogen) atoms. The molecule has 0 aliphatic rings. The fourth-order valence-corrected chi connectivity index (χ4v) is 6.58. The van der Waals surface area contributed by atoms with Gasteiger partial charge in [0.2, 0.25) is 0 Å². The third-order valence-electron chi connectivity index (χ3n) is 8.94. The van der Waals surface area contributed by atoms with Crippen LogP contribution in [0.5, 0.6) is 0 Å². The molecule has 9 rings (SSSR count). The van der Waals surface area contributed by atoms with Gasteiger partial charge in [-0.2, -0.15) is 0 Å². The molecule has 0 saturated heterocycles. The molecule has 5 heteroatoms. The Morgan fingerprint density at radius 1 is 0.408 bits per heavy atom. The minimum Gasteiger partial charge on any atom is -0.299 e. The number of imidazole rings is 1. The highest BCUT2D eigenvalue weighted by molar-refractivity contribution is 6.06. The van der Waals surface area contributed by atoms with E-state index in [9.17, 15) is 0 Å². The second-order valence-electron chi connectivity index (χ2n) is 11.9. The van der Waals surface area contributed by atoms with Gasteiger partial charge in [-0.25, -0.2) is 15.0 Å². The molecule has 0 aliphatic heterocycles. The molecule has 230 valence electrons. The van der Waals surface area contributed by atoms with Crippen molar-refractivity contribution in [2.24, 2.45) is 0 Å². The maximum Gasteiger partial charge on any atom is 0.160 e. The first-order valence-corrected chi connectivity index (χ1v) is 16.3. The summed E-state index contributed by atoms with van der Waals surface area (Å²) in [4.78, 5) is 19.7. The van der Waals surface area contributed by atoms with Crippen molar-refractivity contribution in [3.63, 3.8) is 0 Å². The molecule has 5 aromatic carbocycles. The van der Waals surface area contributed by atoms with E-state index < -0.39 is 0 Å². The van der Waals surface area contributed by atoms with Gasteiger partial charge in [-0.15, -0.1) is 0 Å². The zero-order valence-corrected chi connectivity index (χ0v) is 26.5. The van der Waals surface area contributed by atoms with E-state index in [2.05, 4.69) is 107 Å². The molecule has 0 spiro atoms. The Morgan fingerprint density at radius 3 is 1.71 bits per heavy atom. The lowest BCUT2D eigenvalue weighted by atomic mass is 9.92. The summed E-state index contributed by atoms with van der Waals surface area (Å²) < 4.78 is 2.16. The summed E-state index contributed by atoms with van der Waals surface area (Å²) in [5.41, 5.74) is 11.9. The Balaban J connectivity index is 1.15. The normalized spacial score (nSPS) is 11.3. The largest absolute Gasteiger partial charge is 0.299 e. The Kier molecular flexibility index (Phi) is 7.06. The van der Waals surface area contributed by atoms with Gasteiger partial charge in [-0.05, 0) is 52.2 Å². The van der Waals surface area contributed by atoms with Gasteiger partial charge in [-0.1, -0.05) is 133 Å². The number of aromatic nitrogens is 5. The van der Waals surface area contributed by atoms with Gasteiger partial charge in [0, 0.05) is 34.6 Å². The first-order chi connectivity index (χ1) is 24.3. The first kappa shape index (κ1) is 28.5. The van der Waals surface area contributed by atoms with Crippen LogP contribution in [0.4, 0.5) is 0 Å². The van der Waals surface area contributed by atoms with E-state index in [1.165, 1.54) is 5.39 Å². The molecule has 0 bridgehead atoms. The van der Waals surface area contributed by atoms with Crippen LogP contribution in [0.3, 0.4) is 0 Å². The molecule has 0 fully saturated rings. The van der Waals surface area contributed by atoms with E-state index in [0.717, 1.165) is 72.9 Å². The van der Waals surface area contributed by atoms with Gasteiger partial charge in [0.15, 0.2) is 5.82 Å². The van der Waals surface area contributed by atoms with E-state index in [0.29, 0.717) is 5.82 Å². The standard InChI is InChI=1S/C44H29N5/c1-3-13-31(14-4-1)39-29-40(47-44(46-39)33-15-5-2-6-16-33)32-23-21-30(22-24-32)34-25-26-37(36-18-8-7-17-35(34)36)43-42(38-19-9-11-27-45-38)48-41-20-10-12-28-49(41)43/h1-29H. The molecule has 9 aromatic rings. The van der Waals surface area contributed by atoms with Crippen LogP contribution in [0.1, 0.15) is 0 Å². The minimum absolute atomic E-state index is 0.708. The highest BCUT2D eigenvalue weighted by Crippen LogP contribution is 2.40. The minimum atomic E-state index is 0.708. The average Bonchev–Trinajstić information content (AvgIpc) is 3.58. The lowest BCUT2D eigenvalue weighted by Gasteiger charge is -2.14. The maximum atomic E-state index is 5.03. The van der Waals surface area contributed by atoms with Crippen molar-refractivity contribution in [3.8, 4) is 67.7 Å². The number of hydrogen-bond acceptors (Lipinski definition) is 4. The number of nitrogens with zero attached hydrogens (tertiary/aromatic N) is 5. The zero-order valence-electron chi connectivity index (χ0n) is 26.5. The molecule has 0 aliphatic carbocycles. The predicted molar refractivity (Wildman–Crippen MR) is 199 cm³/mol.